The van der Waals surface area contributed by atoms with Crippen molar-refractivity contribution in [3.63, 3.8) is 0 Å². The van der Waals surface area contributed by atoms with E-state index in [-0.39, 0.29) is 0 Å². The van der Waals surface area contributed by atoms with Crippen LogP contribution in [0.5, 0.6) is 0 Å². The van der Waals surface area contributed by atoms with E-state index in [9.17, 15) is 0 Å². The Hall–Kier alpha value is -8.06. The van der Waals surface area contributed by atoms with Gasteiger partial charge in [-0.15, -0.1) is 0 Å². The van der Waals surface area contributed by atoms with Crippen LogP contribution in [0.1, 0.15) is 0 Å². The highest BCUT2D eigenvalue weighted by Gasteiger charge is 2.48. The van der Waals surface area contributed by atoms with Gasteiger partial charge < -0.3 is 13.7 Å². The molecule has 11 aromatic rings. The number of benzene rings is 9. The molecule has 0 aliphatic carbocycles. The Bertz CT molecular complexity index is 3200. The van der Waals surface area contributed by atoms with Crippen molar-refractivity contribution in [3.05, 3.63) is 224 Å². The van der Waals surface area contributed by atoms with E-state index in [1.807, 2.05) is 78.9 Å². The van der Waals surface area contributed by atoms with E-state index in [2.05, 4.69) is 150 Å². The standard InChI is InChI=1S/C56H37N3O2Si/c1-6-20-38(21-7-1)49-51-54(61-55(57-51)40-22-8-2-9-23-40)50(52-53(49)60-56(58-52)41-24-10-3-11-25-41)39-34-36-42(37-35-39)59-45-30-16-18-32-47(45)62(43-26-12-4-13-27-43,44-28-14-5-15-29-44)48-33-19-17-31-46(48)59/h1-37H. The van der Waals surface area contributed by atoms with Gasteiger partial charge in [0, 0.05) is 28.2 Å². The van der Waals surface area contributed by atoms with Crippen molar-refractivity contribution in [2.24, 2.45) is 0 Å². The van der Waals surface area contributed by atoms with Crippen LogP contribution in [0.3, 0.4) is 0 Å². The molecule has 0 fully saturated rings. The van der Waals surface area contributed by atoms with Crippen LogP contribution in [0.25, 0.3) is 67.4 Å². The number of oxazole rings is 2. The molecule has 0 saturated heterocycles. The van der Waals surface area contributed by atoms with Crippen LogP contribution in [-0.4, -0.2) is 18.0 Å². The zero-order chi connectivity index (χ0) is 41.0. The SMILES string of the molecule is c1ccc(-c2nc3c(-c4ccc(N5c6ccccc6[Si](c6ccccc6)(c6ccccc6)c6ccccc65)cc4)c4oc(-c5ccccc5)nc4c(-c4ccccc4)c3o2)cc1. The first kappa shape index (κ1) is 35.8. The number of nitrogens with zero attached hydrogens (tertiary/aromatic N) is 3. The molecule has 0 N–H and O–H groups in total. The molecule has 2 aromatic heterocycles. The molecule has 12 rings (SSSR count). The first-order chi connectivity index (χ1) is 30.8. The zero-order valence-electron chi connectivity index (χ0n) is 33.5. The molecular formula is C56H37N3O2Si. The van der Waals surface area contributed by atoms with Crippen LogP contribution in [0.15, 0.2) is 233 Å². The highest BCUT2D eigenvalue weighted by molar-refractivity contribution is 7.21. The van der Waals surface area contributed by atoms with Crippen molar-refractivity contribution in [2.75, 3.05) is 4.90 Å². The van der Waals surface area contributed by atoms with Crippen molar-refractivity contribution >= 4 is 68.1 Å². The third-order valence-corrected chi connectivity index (χ3v) is 17.1. The molecule has 1 aliphatic rings. The third-order valence-electron chi connectivity index (χ3n) is 12.2. The molecular weight excluding hydrogens is 775 g/mol. The second kappa shape index (κ2) is 14.6. The Balaban J connectivity index is 1.08. The Morgan fingerprint density at radius 1 is 0.339 bits per heavy atom. The molecule has 5 nitrogen and oxygen atoms in total. The van der Waals surface area contributed by atoms with Crippen LogP contribution in [0, 0.1) is 0 Å². The number of anilines is 3. The summed E-state index contributed by atoms with van der Waals surface area (Å²) in [5, 5.41) is 5.42. The Morgan fingerprint density at radius 3 is 1.13 bits per heavy atom. The smallest absolute Gasteiger partial charge is 0.227 e. The van der Waals surface area contributed by atoms with Gasteiger partial charge in [0.2, 0.25) is 11.8 Å². The monoisotopic (exact) mass is 811 g/mol. The van der Waals surface area contributed by atoms with Crippen LogP contribution >= 0.6 is 0 Å². The van der Waals surface area contributed by atoms with Gasteiger partial charge in [0.05, 0.1) is 11.1 Å². The molecule has 9 aromatic carbocycles. The lowest BCUT2D eigenvalue weighted by atomic mass is 9.96. The fourth-order valence-electron chi connectivity index (χ4n) is 9.55. The van der Waals surface area contributed by atoms with E-state index in [4.69, 9.17) is 18.8 Å². The molecule has 0 atom stereocenters. The molecule has 6 heteroatoms. The number of fused-ring (bicyclic) bond motifs is 4. The second-order valence-corrected chi connectivity index (χ2v) is 19.4. The quantitative estimate of drug-likeness (QED) is 0.150. The Labute approximate surface area is 359 Å². The molecule has 0 saturated carbocycles. The minimum Gasteiger partial charge on any atom is -0.435 e. The van der Waals surface area contributed by atoms with Gasteiger partial charge in [-0.3, -0.25) is 0 Å². The summed E-state index contributed by atoms with van der Waals surface area (Å²) in [4.78, 5) is 12.9. The molecule has 292 valence electrons. The molecule has 62 heavy (non-hydrogen) atoms. The van der Waals surface area contributed by atoms with Gasteiger partial charge in [0.15, 0.2) is 19.2 Å². The lowest BCUT2D eigenvalue weighted by Crippen LogP contribution is -2.77. The highest BCUT2D eigenvalue weighted by Crippen LogP contribution is 2.47. The fourth-order valence-corrected chi connectivity index (χ4v) is 14.7. The predicted octanol–water partition coefficient (Wildman–Crippen LogP) is 11.8. The van der Waals surface area contributed by atoms with E-state index in [1.54, 1.807) is 0 Å². The summed E-state index contributed by atoms with van der Waals surface area (Å²) < 4.78 is 13.7. The van der Waals surface area contributed by atoms with Gasteiger partial charge in [-0.1, -0.05) is 176 Å². The van der Waals surface area contributed by atoms with Crippen LogP contribution in [-0.2, 0) is 0 Å². The average Bonchev–Trinajstić information content (AvgIpc) is 4.00. The maximum absolute atomic E-state index is 6.87. The van der Waals surface area contributed by atoms with E-state index < -0.39 is 8.07 Å². The molecule has 1 aliphatic heterocycles. The summed E-state index contributed by atoms with van der Waals surface area (Å²) in [5.74, 6) is 1.08. The Kier molecular flexibility index (Phi) is 8.43. The van der Waals surface area contributed by atoms with Gasteiger partial charge in [0.1, 0.15) is 11.0 Å². The average molecular weight is 812 g/mol. The van der Waals surface area contributed by atoms with Crippen molar-refractivity contribution in [1.82, 2.24) is 9.97 Å². The molecule has 0 bridgehead atoms. The van der Waals surface area contributed by atoms with Gasteiger partial charge in [-0.2, -0.15) is 0 Å². The minimum absolute atomic E-state index is 0.539. The highest BCUT2D eigenvalue weighted by atomic mass is 28.3. The molecule has 0 spiro atoms. The summed E-state index contributed by atoms with van der Waals surface area (Å²) in [6, 6.07) is 79.4. The van der Waals surface area contributed by atoms with Gasteiger partial charge in [-0.25, -0.2) is 9.97 Å². The van der Waals surface area contributed by atoms with E-state index >= 15 is 0 Å². The summed E-state index contributed by atoms with van der Waals surface area (Å²) in [6.07, 6.45) is 0. The number of rotatable bonds is 7. The number of para-hydroxylation sites is 2. The number of hydrogen-bond acceptors (Lipinski definition) is 5. The van der Waals surface area contributed by atoms with Gasteiger partial charge >= 0.3 is 0 Å². The molecule has 3 heterocycles. The van der Waals surface area contributed by atoms with Gasteiger partial charge in [-0.05, 0) is 80.4 Å². The normalized spacial score (nSPS) is 12.9. The van der Waals surface area contributed by atoms with Crippen LogP contribution < -0.4 is 25.6 Å². The van der Waals surface area contributed by atoms with E-state index in [0.717, 1.165) is 44.6 Å². The summed E-state index contributed by atoms with van der Waals surface area (Å²) in [6.45, 7) is 0. The molecule has 0 amide bonds. The van der Waals surface area contributed by atoms with Crippen molar-refractivity contribution in [3.8, 4) is 45.2 Å². The predicted molar refractivity (Wildman–Crippen MR) is 255 cm³/mol. The Morgan fingerprint density at radius 2 is 0.694 bits per heavy atom. The molecule has 0 unspecified atom stereocenters. The first-order valence-corrected chi connectivity index (χ1v) is 22.9. The van der Waals surface area contributed by atoms with E-state index in [1.165, 1.54) is 32.1 Å². The maximum atomic E-state index is 6.87. The first-order valence-electron chi connectivity index (χ1n) is 20.9. The summed E-state index contributed by atoms with van der Waals surface area (Å²) in [5.41, 5.74) is 11.6. The summed E-state index contributed by atoms with van der Waals surface area (Å²) >= 11 is 0. The minimum atomic E-state index is -2.74. The lowest BCUT2D eigenvalue weighted by molar-refractivity contribution is 0.619. The van der Waals surface area contributed by atoms with Crippen LogP contribution in [0.4, 0.5) is 17.1 Å². The summed E-state index contributed by atoms with van der Waals surface area (Å²) in [7, 11) is -2.74. The van der Waals surface area contributed by atoms with Crippen molar-refractivity contribution < 1.29 is 8.83 Å². The van der Waals surface area contributed by atoms with E-state index in [0.29, 0.717) is 28.5 Å². The van der Waals surface area contributed by atoms with Crippen molar-refractivity contribution in [2.45, 2.75) is 0 Å². The molecule has 0 radical (unpaired) electrons. The van der Waals surface area contributed by atoms with Gasteiger partial charge in [0.25, 0.3) is 0 Å². The third kappa shape index (κ3) is 5.54. The lowest BCUT2D eigenvalue weighted by Gasteiger charge is -2.45. The number of hydrogen-bond donors (Lipinski definition) is 0. The zero-order valence-corrected chi connectivity index (χ0v) is 34.5. The largest absolute Gasteiger partial charge is 0.435 e. The van der Waals surface area contributed by atoms with Crippen molar-refractivity contribution in [1.29, 1.82) is 0 Å². The number of aromatic nitrogens is 2. The topological polar surface area (TPSA) is 55.3 Å². The van der Waals surface area contributed by atoms with Crippen LogP contribution in [0.2, 0.25) is 0 Å². The maximum Gasteiger partial charge on any atom is 0.227 e. The fraction of sp³-hybridized carbons (Fsp3) is 0. The second-order valence-electron chi connectivity index (χ2n) is 15.6.